The Hall–Kier alpha value is -3.52. The number of hydrogen-bond donors (Lipinski definition) is 1. The number of carbonyl (C=O) groups is 1. The van der Waals surface area contributed by atoms with E-state index in [0.717, 1.165) is 18.7 Å². The quantitative estimate of drug-likeness (QED) is 0.502. The van der Waals surface area contributed by atoms with Gasteiger partial charge >= 0.3 is 0 Å². The summed E-state index contributed by atoms with van der Waals surface area (Å²) in [5.74, 6) is 0.372. The van der Waals surface area contributed by atoms with Crippen LogP contribution in [0.3, 0.4) is 0 Å². The van der Waals surface area contributed by atoms with Crippen molar-refractivity contribution in [2.75, 3.05) is 36.5 Å². The fourth-order valence-corrected chi connectivity index (χ4v) is 5.32. The molecule has 1 amide bonds. The number of nitrogens with zero attached hydrogens (tertiary/aromatic N) is 2. The van der Waals surface area contributed by atoms with Gasteiger partial charge in [0.15, 0.2) is 0 Å². The topological polar surface area (TPSA) is 79.0 Å². The predicted octanol–water partition coefficient (Wildman–Crippen LogP) is 4.44. The molecule has 3 aromatic rings. The summed E-state index contributed by atoms with van der Waals surface area (Å²) in [6.45, 7) is 2.62. The Morgan fingerprint density at radius 1 is 0.914 bits per heavy atom. The van der Waals surface area contributed by atoms with Crippen LogP contribution in [0.2, 0.25) is 0 Å². The van der Waals surface area contributed by atoms with Gasteiger partial charge in [-0.3, -0.25) is 9.10 Å². The highest BCUT2D eigenvalue weighted by atomic mass is 32.2. The minimum absolute atomic E-state index is 0.161. The third kappa shape index (κ3) is 5.77. The Kier molecular flexibility index (Phi) is 7.60. The highest BCUT2D eigenvalue weighted by Gasteiger charge is 2.21. The van der Waals surface area contributed by atoms with Crippen LogP contribution in [0.15, 0.2) is 77.7 Å². The van der Waals surface area contributed by atoms with E-state index in [2.05, 4.69) is 22.3 Å². The summed E-state index contributed by atoms with van der Waals surface area (Å²) in [4.78, 5) is 15.2. The van der Waals surface area contributed by atoms with Crippen molar-refractivity contribution in [3.8, 4) is 5.75 Å². The molecule has 1 saturated heterocycles. The molecule has 0 aromatic heterocycles. The predicted molar refractivity (Wildman–Crippen MR) is 139 cm³/mol. The van der Waals surface area contributed by atoms with E-state index in [0.29, 0.717) is 23.5 Å². The van der Waals surface area contributed by atoms with Gasteiger partial charge in [0.1, 0.15) is 5.75 Å². The van der Waals surface area contributed by atoms with Crippen molar-refractivity contribution >= 4 is 27.3 Å². The lowest BCUT2D eigenvalue weighted by atomic mass is 10.1. The molecule has 0 aliphatic carbocycles. The van der Waals surface area contributed by atoms with Gasteiger partial charge in [-0.15, -0.1) is 0 Å². The summed E-state index contributed by atoms with van der Waals surface area (Å²) in [5.41, 5.74) is 3.18. The number of anilines is 2. The van der Waals surface area contributed by atoms with E-state index in [-0.39, 0.29) is 10.8 Å². The minimum Gasteiger partial charge on any atom is -0.497 e. The van der Waals surface area contributed by atoms with Crippen LogP contribution in [-0.4, -0.2) is 41.6 Å². The van der Waals surface area contributed by atoms with Gasteiger partial charge in [-0.05, 0) is 85.5 Å². The Morgan fingerprint density at radius 3 is 2.14 bits per heavy atom. The highest BCUT2D eigenvalue weighted by molar-refractivity contribution is 7.92. The molecule has 3 aromatic carbocycles. The number of hydrogen-bond acceptors (Lipinski definition) is 5. The van der Waals surface area contributed by atoms with Gasteiger partial charge in [-0.1, -0.05) is 12.1 Å². The van der Waals surface area contributed by atoms with E-state index in [9.17, 15) is 13.2 Å². The van der Waals surface area contributed by atoms with Crippen LogP contribution in [0.25, 0.3) is 0 Å². The minimum atomic E-state index is -3.73. The molecular weight excluding hydrogens is 462 g/mol. The second kappa shape index (κ2) is 10.8. The first kappa shape index (κ1) is 24.6. The van der Waals surface area contributed by atoms with Gasteiger partial charge in [-0.25, -0.2) is 8.42 Å². The molecule has 1 heterocycles. The van der Waals surface area contributed by atoms with E-state index in [1.807, 2.05) is 12.1 Å². The van der Waals surface area contributed by atoms with E-state index >= 15 is 0 Å². The van der Waals surface area contributed by atoms with Crippen LogP contribution >= 0.6 is 0 Å². The molecule has 1 N–H and O–H groups in total. The SMILES string of the molecule is COc1ccc(S(=O)(=O)N(C)c2ccc(C(=O)NCc3ccc(N4CCCCC4)cc3)cc2)cc1. The average molecular weight is 494 g/mol. The molecule has 184 valence electrons. The molecule has 0 atom stereocenters. The number of benzene rings is 3. The van der Waals surface area contributed by atoms with Gasteiger partial charge in [-0.2, -0.15) is 0 Å². The van der Waals surface area contributed by atoms with Gasteiger partial charge in [0.2, 0.25) is 0 Å². The molecule has 1 aliphatic heterocycles. The zero-order chi connectivity index (χ0) is 24.8. The van der Waals surface area contributed by atoms with Crippen molar-refractivity contribution < 1.29 is 17.9 Å². The maximum atomic E-state index is 12.9. The molecule has 8 heteroatoms. The average Bonchev–Trinajstić information content (AvgIpc) is 2.92. The maximum Gasteiger partial charge on any atom is 0.264 e. The van der Waals surface area contributed by atoms with Crippen molar-refractivity contribution in [2.45, 2.75) is 30.7 Å². The number of methoxy groups -OCH3 is 1. The molecule has 1 aliphatic rings. The zero-order valence-electron chi connectivity index (χ0n) is 20.1. The van der Waals surface area contributed by atoms with Crippen LogP contribution in [0.4, 0.5) is 11.4 Å². The maximum absolute atomic E-state index is 12.9. The van der Waals surface area contributed by atoms with Crippen molar-refractivity contribution in [1.29, 1.82) is 0 Å². The van der Waals surface area contributed by atoms with Crippen LogP contribution in [-0.2, 0) is 16.6 Å². The number of sulfonamides is 1. The number of rotatable bonds is 8. The highest BCUT2D eigenvalue weighted by Crippen LogP contribution is 2.24. The molecule has 4 rings (SSSR count). The first-order valence-electron chi connectivity index (χ1n) is 11.7. The smallest absolute Gasteiger partial charge is 0.264 e. The Balaban J connectivity index is 1.35. The summed E-state index contributed by atoms with van der Waals surface area (Å²) >= 11 is 0. The molecule has 0 radical (unpaired) electrons. The molecule has 7 nitrogen and oxygen atoms in total. The van der Waals surface area contributed by atoms with E-state index in [1.165, 1.54) is 55.5 Å². The van der Waals surface area contributed by atoms with Gasteiger partial charge < -0.3 is 15.0 Å². The summed E-state index contributed by atoms with van der Waals surface area (Å²) in [6.07, 6.45) is 3.77. The summed E-state index contributed by atoms with van der Waals surface area (Å²) < 4.78 is 32.2. The number of piperidine rings is 1. The molecular formula is C27H31N3O4S. The molecule has 35 heavy (non-hydrogen) atoms. The second-order valence-corrected chi connectivity index (χ2v) is 10.6. The molecule has 0 spiro atoms. The number of amides is 1. The number of nitrogens with one attached hydrogen (secondary N) is 1. The Labute approximate surface area is 207 Å². The molecule has 0 bridgehead atoms. The number of carbonyl (C=O) groups excluding carboxylic acids is 1. The van der Waals surface area contributed by atoms with Crippen LogP contribution < -0.4 is 19.3 Å². The summed E-state index contributed by atoms with van der Waals surface area (Å²) in [7, 11) is -0.719. The lowest BCUT2D eigenvalue weighted by molar-refractivity contribution is 0.0951. The van der Waals surface area contributed by atoms with Crippen LogP contribution in [0.1, 0.15) is 35.2 Å². The summed E-state index contributed by atoms with van der Waals surface area (Å²) in [5, 5.41) is 2.93. The van der Waals surface area contributed by atoms with Gasteiger partial charge in [0.25, 0.3) is 15.9 Å². The number of ether oxygens (including phenoxy) is 1. The van der Waals surface area contributed by atoms with Crippen LogP contribution in [0, 0.1) is 0 Å². The summed E-state index contributed by atoms with van der Waals surface area (Å²) in [6, 6.07) is 21.1. The van der Waals surface area contributed by atoms with Crippen molar-refractivity contribution in [1.82, 2.24) is 5.32 Å². The monoisotopic (exact) mass is 493 g/mol. The molecule has 0 unspecified atom stereocenters. The van der Waals surface area contributed by atoms with E-state index < -0.39 is 10.0 Å². The van der Waals surface area contributed by atoms with Crippen LogP contribution in [0.5, 0.6) is 5.75 Å². The van der Waals surface area contributed by atoms with Gasteiger partial charge in [0, 0.05) is 37.9 Å². The second-order valence-electron chi connectivity index (χ2n) is 8.59. The third-order valence-corrected chi connectivity index (χ3v) is 8.12. The fraction of sp³-hybridized carbons (Fsp3) is 0.296. The first-order chi connectivity index (χ1) is 16.9. The fourth-order valence-electron chi connectivity index (χ4n) is 4.13. The molecule has 0 saturated carbocycles. The third-order valence-electron chi connectivity index (χ3n) is 6.32. The van der Waals surface area contributed by atoms with Crippen molar-refractivity contribution in [3.63, 3.8) is 0 Å². The zero-order valence-corrected chi connectivity index (χ0v) is 20.9. The van der Waals surface area contributed by atoms with E-state index in [1.54, 1.807) is 36.4 Å². The van der Waals surface area contributed by atoms with Gasteiger partial charge in [0.05, 0.1) is 17.7 Å². The first-order valence-corrected chi connectivity index (χ1v) is 13.2. The largest absolute Gasteiger partial charge is 0.497 e. The lowest BCUT2D eigenvalue weighted by Crippen LogP contribution is -2.29. The van der Waals surface area contributed by atoms with Crippen molar-refractivity contribution in [2.24, 2.45) is 0 Å². The van der Waals surface area contributed by atoms with E-state index in [4.69, 9.17) is 4.74 Å². The Morgan fingerprint density at radius 2 is 1.54 bits per heavy atom. The van der Waals surface area contributed by atoms with Crippen molar-refractivity contribution in [3.05, 3.63) is 83.9 Å². The lowest BCUT2D eigenvalue weighted by Gasteiger charge is -2.28. The normalized spacial score (nSPS) is 13.8. The standard InChI is InChI=1S/C27H31N3O4S/c1-29(35(32,33)26-16-14-25(34-2)15-17-26)23-12-8-22(9-13-23)27(31)28-20-21-6-10-24(11-7-21)30-18-4-3-5-19-30/h6-17H,3-5,18-20H2,1-2H3,(H,28,31). The molecule has 1 fully saturated rings. The Bertz CT molecular complexity index is 1240.